The van der Waals surface area contributed by atoms with E-state index >= 15 is 0 Å². The van der Waals surface area contributed by atoms with Gasteiger partial charge in [-0.3, -0.25) is 0 Å². The van der Waals surface area contributed by atoms with Gasteiger partial charge < -0.3 is 9.13 Å². The van der Waals surface area contributed by atoms with Crippen molar-refractivity contribution in [3.05, 3.63) is 42.2 Å². The molecule has 0 radical (unpaired) electrons. The lowest BCUT2D eigenvalue weighted by atomic mass is 10.5. The molecule has 2 aromatic rings. The molecule has 2 rings (SSSR count). The van der Waals surface area contributed by atoms with Gasteiger partial charge in [0.15, 0.2) is 0 Å². The van der Waals surface area contributed by atoms with E-state index in [4.69, 9.17) is 0 Å². The quantitative estimate of drug-likeness (QED) is 0.651. The van der Waals surface area contributed by atoms with Gasteiger partial charge in [0.2, 0.25) is 0 Å². The van der Waals surface area contributed by atoms with E-state index in [0.29, 0.717) is 0 Å². The summed E-state index contributed by atoms with van der Waals surface area (Å²) in [5, 5.41) is 0. The van der Waals surface area contributed by atoms with Crippen LogP contribution in [0.25, 0.3) is 0 Å². The first-order valence-corrected chi connectivity index (χ1v) is 4.63. The fraction of sp³-hybridized carbons (Fsp3) is 0.417. The fourth-order valence-corrected chi connectivity index (χ4v) is 0.987. The van der Waals surface area contributed by atoms with Crippen molar-refractivity contribution < 1.29 is 0 Å². The summed E-state index contributed by atoms with van der Waals surface area (Å²) < 4.78 is 4.06. The Kier molecular flexibility index (Phi) is 5.45. The van der Waals surface area contributed by atoms with Gasteiger partial charge in [0.05, 0.1) is 0 Å². The smallest absolute Gasteiger partial charge is 0.105 e. The van der Waals surface area contributed by atoms with Crippen LogP contribution in [0.4, 0.5) is 0 Å². The lowest BCUT2D eigenvalue weighted by molar-refractivity contribution is 0.858. The molecule has 0 aliphatic heterocycles. The molecule has 0 amide bonds. The molecule has 0 atom stereocenters. The number of aromatic nitrogens is 3. The highest BCUT2D eigenvalue weighted by Gasteiger charge is 1.83. The van der Waals surface area contributed by atoms with Gasteiger partial charge in [0, 0.05) is 38.4 Å². The minimum absolute atomic E-state index is 0. The maximum atomic E-state index is 3.98. The van der Waals surface area contributed by atoms with E-state index in [9.17, 15) is 0 Å². The van der Waals surface area contributed by atoms with E-state index in [2.05, 4.69) is 22.5 Å². The van der Waals surface area contributed by atoms with Crippen molar-refractivity contribution in [2.45, 2.75) is 21.3 Å². The highest BCUT2D eigenvalue weighted by molar-refractivity contribution is 5.02. The van der Waals surface area contributed by atoms with E-state index < -0.39 is 0 Å². The molecule has 0 bridgehead atoms. The van der Waals surface area contributed by atoms with E-state index in [1.807, 2.05) is 44.0 Å². The minimum Gasteiger partial charge on any atom is -0.355 e. The summed E-state index contributed by atoms with van der Waals surface area (Å²) in [6.07, 6.45) is 5.75. The van der Waals surface area contributed by atoms with Gasteiger partial charge in [0.25, 0.3) is 0 Å². The second kappa shape index (κ2) is 6.06. The normalized spacial score (nSPS) is 8.80. The highest BCUT2D eigenvalue weighted by atomic mass is 15.0. The molecule has 0 spiro atoms. The summed E-state index contributed by atoms with van der Waals surface area (Å²) in [5.41, 5.74) is 1.31. The maximum Gasteiger partial charge on any atom is 0.105 e. The Morgan fingerprint density at radius 2 is 1.73 bits per heavy atom. The van der Waals surface area contributed by atoms with Gasteiger partial charge in [0.1, 0.15) is 5.82 Å². The van der Waals surface area contributed by atoms with Gasteiger partial charge in [-0.2, -0.15) is 0 Å². The molecule has 0 saturated heterocycles. The number of aryl methyl sites for hydroxylation is 4. The molecule has 3 heteroatoms. The first kappa shape index (κ1) is 13.5. The molecule has 0 unspecified atom stereocenters. The average Bonchev–Trinajstić information content (AvgIpc) is 2.67. The first-order valence-electron chi connectivity index (χ1n) is 4.63. The molecule has 0 aliphatic rings. The zero-order chi connectivity index (χ0) is 10.6. The third kappa shape index (κ3) is 4.02. The molecule has 0 aliphatic carbocycles. The van der Waals surface area contributed by atoms with Crippen LogP contribution in [0.15, 0.2) is 30.7 Å². The molecule has 2 heterocycles. The van der Waals surface area contributed by atoms with Crippen LogP contribution in [-0.4, -0.2) is 14.1 Å². The van der Waals surface area contributed by atoms with E-state index in [1.54, 1.807) is 6.20 Å². The Labute approximate surface area is 92.4 Å². The van der Waals surface area contributed by atoms with Gasteiger partial charge in [-0.05, 0) is 26.0 Å². The van der Waals surface area contributed by atoms with Crippen molar-refractivity contribution in [3.63, 3.8) is 0 Å². The van der Waals surface area contributed by atoms with Crippen molar-refractivity contribution in [2.24, 2.45) is 14.1 Å². The Morgan fingerprint density at radius 1 is 1.07 bits per heavy atom. The summed E-state index contributed by atoms with van der Waals surface area (Å²) in [4.78, 5) is 3.98. The summed E-state index contributed by atoms with van der Waals surface area (Å²) in [6.45, 7) is 4.06. The summed E-state index contributed by atoms with van der Waals surface area (Å²) in [5.74, 6) is 1.06. The lowest BCUT2D eigenvalue weighted by Crippen LogP contribution is -1.86. The average molecular weight is 207 g/mol. The van der Waals surface area contributed by atoms with Crippen LogP contribution in [0.1, 0.15) is 18.9 Å². The lowest BCUT2D eigenvalue weighted by Gasteiger charge is -1.89. The van der Waals surface area contributed by atoms with E-state index in [-0.39, 0.29) is 7.43 Å². The van der Waals surface area contributed by atoms with Gasteiger partial charge in [-0.15, -0.1) is 0 Å². The van der Waals surface area contributed by atoms with Crippen LogP contribution in [0, 0.1) is 13.8 Å². The molecule has 0 N–H and O–H groups in total. The molecule has 84 valence electrons. The van der Waals surface area contributed by atoms with Gasteiger partial charge in [-0.1, -0.05) is 7.43 Å². The summed E-state index contributed by atoms with van der Waals surface area (Å²) >= 11 is 0. The predicted molar refractivity (Wildman–Crippen MR) is 64.8 cm³/mol. The van der Waals surface area contributed by atoms with Crippen molar-refractivity contribution in [3.8, 4) is 0 Å². The highest BCUT2D eigenvalue weighted by Crippen LogP contribution is 1.93. The molecular formula is C12H21N3. The van der Waals surface area contributed by atoms with Crippen molar-refractivity contribution >= 4 is 0 Å². The molecule has 0 aromatic carbocycles. The van der Waals surface area contributed by atoms with Gasteiger partial charge in [-0.25, -0.2) is 4.98 Å². The third-order valence-corrected chi connectivity index (χ3v) is 2.27. The van der Waals surface area contributed by atoms with Gasteiger partial charge >= 0.3 is 0 Å². The van der Waals surface area contributed by atoms with Crippen LogP contribution in [-0.2, 0) is 14.1 Å². The fourth-order valence-electron chi connectivity index (χ4n) is 0.987. The number of imidazole rings is 1. The minimum atomic E-state index is 0. The molecular weight excluding hydrogens is 186 g/mol. The third-order valence-electron chi connectivity index (χ3n) is 2.27. The molecule has 0 fully saturated rings. The summed E-state index contributed by atoms with van der Waals surface area (Å²) in [6, 6.07) is 4.12. The Balaban J connectivity index is 0.000000245. The van der Waals surface area contributed by atoms with Crippen LogP contribution >= 0.6 is 0 Å². The second-order valence-electron chi connectivity index (χ2n) is 3.35. The van der Waals surface area contributed by atoms with Crippen molar-refractivity contribution in [1.82, 2.24) is 14.1 Å². The van der Waals surface area contributed by atoms with Crippen LogP contribution in [0.5, 0.6) is 0 Å². The zero-order valence-electron chi connectivity index (χ0n) is 9.23. The van der Waals surface area contributed by atoms with Crippen molar-refractivity contribution in [2.75, 3.05) is 0 Å². The predicted octanol–water partition coefficient (Wildman–Crippen LogP) is 2.70. The Bertz CT molecular complexity index is 314. The SMILES string of the molecule is C.Cc1cccn1C.Cc1nccn1C. The van der Waals surface area contributed by atoms with Crippen LogP contribution < -0.4 is 0 Å². The number of nitrogens with zero attached hydrogens (tertiary/aromatic N) is 3. The molecule has 0 saturated carbocycles. The van der Waals surface area contributed by atoms with Crippen LogP contribution in [0.2, 0.25) is 0 Å². The van der Waals surface area contributed by atoms with Crippen LogP contribution in [0.3, 0.4) is 0 Å². The molecule has 3 nitrogen and oxygen atoms in total. The zero-order valence-corrected chi connectivity index (χ0v) is 9.23. The van der Waals surface area contributed by atoms with E-state index in [0.717, 1.165) is 5.82 Å². The van der Waals surface area contributed by atoms with Crippen molar-refractivity contribution in [1.29, 1.82) is 0 Å². The monoisotopic (exact) mass is 207 g/mol. The standard InChI is InChI=1S/C6H9N.C5H8N2.CH4/c1-6-4-3-5-7(6)2;1-5-6-3-4-7(5)2;/h3-5H,1-2H3;3-4H,1-2H3;1H4. The molecule has 2 aromatic heterocycles. The number of hydrogen-bond acceptors (Lipinski definition) is 1. The topological polar surface area (TPSA) is 22.8 Å². The summed E-state index contributed by atoms with van der Waals surface area (Å²) in [7, 11) is 4.01. The largest absolute Gasteiger partial charge is 0.355 e. The second-order valence-corrected chi connectivity index (χ2v) is 3.35. The Morgan fingerprint density at radius 3 is 1.87 bits per heavy atom. The Hall–Kier alpha value is -1.51. The number of hydrogen-bond donors (Lipinski definition) is 0. The number of rotatable bonds is 0. The first-order chi connectivity index (χ1) is 6.61. The van der Waals surface area contributed by atoms with E-state index in [1.165, 1.54) is 5.69 Å². The molecule has 15 heavy (non-hydrogen) atoms. The maximum absolute atomic E-state index is 3.98.